The Morgan fingerprint density at radius 2 is 1.96 bits per heavy atom. The molecule has 0 spiro atoms. The van der Waals surface area contributed by atoms with Crippen LogP contribution < -0.4 is 4.72 Å². The molecule has 0 aliphatic rings. The predicted octanol–water partition coefficient (Wildman–Crippen LogP) is 4.18. The summed E-state index contributed by atoms with van der Waals surface area (Å²) in [5.41, 5.74) is 2.25. The average Bonchev–Trinajstić information content (AvgIpc) is 3.20. The van der Waals surface area contributed by atoms with Gasteiger partial charge in [0.05, 0.1) is 11.3 Å². The average molecular weight is 383 g/mol. The molecule has 24 heavy (non-hydrogen) atoms. The van der Waals surface area contributed by atoms with Gasteiger partial charge in [-0.1, -0.05) is 11.2 Å². The Bertz CT molecular complexity index is 967. The van der Waals surface area contributed by atoms with Crippen LogP contribution in [0.4, 0.5) is 0 Å². The zero-order valence-electron chi connectivity index (χ0n) is 13.8. The summed E-state index contributed by atoms with van der Waals surface area (Å²) in [4.78, 5) is 2.91. The van der Waals surface area contributed by atoms with Gasteiger partial charge in [-0.3, -0.25) is 0 Å². The number of hydrogen-bond acceptors (Lipinski definition) is 6. The lowest BCUT2D eigenvalue weighted by Crippen LogP contribution is -2.23. The summed E-state index contributed by atoms with van der Waals surface area (Å²) in [7, 11) is -3.65. The lowest BCUT2D eigenvalue weighted by atomic mass is 10.1. The van der Waals surface area contributed by atoms with Crippen LogP contribution in [0.15, 0.2) is 26.9 Å². The molecule has 5 nitrogen and oxygen atoms in total. The second-order valence-electron chi connectivity index (χ2n) is 5.54. The molecular formula is C16H18N2O3S3. The van der Waals surface area contributed by atoms with Gasteiger partial charge in [-0.15, -0.1) is 22.7 Å². The zero-order valence-corrected chi connectivity index (χ0v) is 16.3. The van der Waals surface area contributed by atoms with Crippen LogP contribution in [0.1, 0.15) is 25.9 Å². The van der Waals surface area contributed by atoms with Crippen LogP contribution in [0.5, 0.6) is 0 Å². The van der Waals surface area contributed by atoms with Crippen LogP contribution in [-0.4, -0.2) is 13.6 Å². The van der Waals surface area contributed by atoms with Gasteiger partial charge in [0.1, 0.15) is 4.90 Å². The number of nitrogens with zero attached hydrogens (tertiary/aromatic N) is 1. The second-order valence-corrected chi connectivity index (χ2v) is 9.71. The second kappa shape index (κ2) is 6.44. The van der Waals surface area contributed by atoms with Gasteiger partial charge >= 0.3 is 0 Å². The van der Waals surface area contributed by atoms with Gasteiger partial charge in [0.2, 0.25) is 10.0 Å². The van der Waals surface area contributed by atoms with Crippen LogP contribution >= 0.6 is 22.7 Å². The normalized spacial score (nSPS) is 12.0. The molecule has 3 aromatic heterocycles. The van der Waals surface area contributed by atoms with Crippen molar-refractivity contribution in [3.8, 4) is 11.3 Å². The molecule has 0 saturated heterocycles. The van der Waals surface area contributed by atoms with Gasteiger partial charge in [-0.05, 0) is 39.1 Å². The maximum absolute atomic E-state index is 12.9. The van der Waals surface area contributed by atoms with E-state index in [2.05, 4.69) is 9.88 Å². The molecule has 0 aliphatic carbocycles. The Balaban J connectivity index is 2.06. The molecule has 3 rings (SSSR count). The van der Waals surface area contributed by atoms with Gasteiger partial charge in [0, 0.05) is 26.7 Å². The van der Waals surface area contributed by atoms with E-state index in [1.165, 1.54) is 22.7 Å². The van der Waals surface area contributed by atoms with Gasteiger partial charge in [-0.2, -0.15) is 0 Å². The molecule has 3 heterocycles. The van der Waals surface area contributed by atoms with Crippen molar-refractivity contribution in [1.29, 1.82) is 0 Å². The number of aryl methyl sites for hydroxylation is 3. The topological polar surface area (TPSA) is 72.2 Å². The number of sulfonamides is 1. The molecular weight excluding hydrogens is 364 g/mol. The molecule has 0 atom stereocenters. The SMILES string of the molecule is Cc1noc(-c2c(C)sc(C)c2S(=O)(=O)NCc2cccs2)c1C. The monoisotopic (exact) mass is 382 g/mol. The van der Waals surface area contributed by atoms with E-state index in [1.54, 1.807) is 0 Å². The van der Waals surface area contributed by atoms with E-state index in [0.717, 1.165) is 25.9 Å². The number of nitrogens with one attached hydrogen (secondary N) is 1. The van der Waals surface area contributed by atoms with Gasteiger partial charge < -0.3 is 4.52 Å². The fourth-order valence-corrected chi connectivity index (χ4v) is 6.14. The van der Waals surface area contributed by atoms with E-state index in [1.807, 2.05) is 45.2 Å². The van der Waals surface area contributed by atoms with Crippen molar-refractivity contribution >= 4 is 32.7 Å². The third kappa shape index (κ3) is 3.06. The highest BCUT2D eigenvalue weighted by Gasteiger charge is 2.29. The largest absolute Gasteiger partial charge is 0.356 e. The van der Waals surface area contributed by atoms with Crippen molar-refractivity contribution in [2.24, 2.45) is 0 Å². The van der Waals surface area contributed by atoms with Crippen molar-refractivity contribution in [3.05, 3.63) is 43.4 Å². The number of aromatic nitrogens is 1. The highest BCUT2D eigenvalue weighted by Crippen LogP contribution is 2.40. The Morgan fingerprint density at radius 1 is 1.21 bits per heavy atom. The van der Waals surface area contributed by atoms with E-state index >= 15 is 0 Å². The Labute approximate surface area is 149 Å². The van der Waals surface area contributed by atoms with E-state index in [9.17, 15) is 8.42 Å². The quantitative estimate of drug-likeness (QED) is 0.718. The Morgan fingerprint density at radius 3 is 2.54 bits per heavy atom. The maximum atomic E-state index is 12.9. The van der Waals surface area contributed by atoms with Crippen molar-refractivity contribution < 1.29 is 12.9 Å². The first kappa shape index (κ1) is 17.3. The summed E-state index contributed by atoms with van der Waals surface area (Å²) in [6.45, 7) is 7.74. The Kier molecular flexibility index (Phi) is 4.65. The van der Waals surface area contributed by atoms with Crippen LogP contribution in [0.3, 0.4) is 0 Å². The fourth-order valence-electron chi connectivity index (χ4n) is 2.55. The molecule has 0 radical (unpaired) electrons. The molecule has 0 fully saturated rings. The lowest BCUT2D eigenvalue weighted by Gasteiger charge is -2.08. The standard InChI is InChI=1S/C16H18N2O3S3/c1-9-10(2)18-21-15(9)14-11(3)23-12(4)16(14)24(19,20)17-8-13-6-5-7-22-13/h5-7,17H,8H2,1-4H3. The van der Waals surface area contributed by atoms with Gasteiger partial charge in [-0.25, -0.2) is 13.1 Å². The minimum absolute atomic E-state index is 0.280. The van der Waals surface area contributed by atoms with Crippen LogP contribution in [-0.2, 0) is 16.6 Å². The maximum Gasteiger partial charge on any atom is 0.242 e. The molecule has 8 heteroatoms. The lowest BCUT2D eigenvalue weighted by molar-refractivity contribution is 0.426. The summed E-state index contributed by atoms with van der Waals surface area (Å²) >= 11 is 2.98. The van der Waals surface area contributed by atoms with Crippen molar-refractivity contribution in [2.45, 2.75) is 39.1 Å². The number of hydrogen-bond donors (Lipinski definition) is 1. The van der Waals surface area contributed by atoms with Crippen LogP contribution in [0, 0.1) is 27.7 Å². The molecule has 0 bridgehead atoms. The molecule has 3 aromatic rings. The smallest absolute Gasteiger partial charge is 0.242 e. The van der Waals surface area contributed by atoms with Crippen LogP contribution in [0.25, 0.3) is 11.3 Å². The minimum atomic E-state index is -3.65. The van der Waals surface area contributed by atoms with Gasteiger partial charge in [0.25, 0.3) is 0 Å². The zero-order chi connectivity index (χ0) is 17.5. The first-order chi connectivity index (χ1) is 11.3. The van der Waals surface area contributed by atoms with Crippen molar-refractivity contribution in [2.75, 3.05) is 0 Å². The third-order valence-corrected chi connectivity index (χ3v) is 7.47. The summed E-state index contributed by atoms with van der Waals surface area (Å²) in [6.07, 6.45) is 0. The third-order valence-electron chi connectivity index (χ3n) is 3.87. The predicted molar refractivity (Wildman–Crippen MR) is 97.1 cm³/mol. The number of rotatable bonds is 5. The Hall–Kier alpha value is -1.48. The summed E-state index contributed by atoms with van der Waals surface area (Å²) < 4.78 is 33.9. The van der Waals surface area contributed by atoms with Crippen LogP contribution in [0.2, 0.25) is 0 Å². The van der Waals surface area contributed by atoms with E-state index in [-0.39, 0.29) is 6.54 Å². The molecule has 128 valence electrons. The molecule has 0 aromatic carbocycles. The summed E-state index contributed by atoms with van der Waals surface area (Å²) in [6, 6.07) is 3.81. The highest BCUT2D eigenvalue weighted by atomic mass is 32.2. The summed E-state index contributed by atoms with van der Waals surface area (Å²) in [5.74, 6) is 0.533. The minimum Gasteiger partial charge on any atom is -0.356 e. The first-order valence-corrected chi connectivity index (χ1v) is 10.5. The molecule has 0 saturated carbocycles. The summed E-state index contributed by atoms with van der Waals surface area (Å²) in [5, 5.41) is 5.90. The van der Waals surface area contributed by atoms with Crippen molar-refractivity contribution in [1.82, 2.24) is 9.88 Å². The van der Waals surface area contributed by atoms with E-state index in [0.29, 0.717) is 16.2 Å². The molecule has 0 amide bonds. The van der Waals surface area contributed by atoms with Crippen molar-refractivity contribution in [3.63, 3.8) is 0 Å². The number of thiophene rings is 2. The first-order valence-electron chi connectivity index (χ1n) is 7.36. The fraction of sp³-hybridized carbons (Fsp3) is 0.312. The van der Waals surface area contributed by atoms with E-state index < -0.39 is 10.0 Å². The van der Waals surface area contributed by atoms with E-state index in [4.69, 9.17) is 4.52 Å². The van der Waals surface area contributed by atoms with Gasteiger partial charge in [0.15, 0.2) is 5.76 Å². The molecule has 0 aliphatic heterocycles. The molecule has 1 N–H and O–H groups in total. The highest BCUT2D eigenvalue weighted by molar-refractivity contribution is 7.89. The molecule has 0 unspecified atom stereocenters.